The minimum Gasteiger partial charge on any atom is -0.460 e. The lowest BCUT2D eigenvalue weighted by Crippen LogP contribution is -2.19. The summed E-state index contributed by atoms with van der Waals surface area (Å²) in [5.41, 5.74) is 5.24. The van der Waals surface area contributed by atoms with Gasteiger partial charge in [0.2, 0.25) is 0 Å². The van der Waals surface area contributed by atoms with Crippen LogP contribution in [0, 0.1) is 0 Å². The van der Waals surface area contributed by atoms with Crippen LogP contribution in [0.25, 0.3) is 11.1 Å². The van der Waals surface area contributed by atoms with E-state index in [0.717, 1.165) is 0 Å². The summed E-state index contributed by atoms with van der Waals surface area (Å²) in [6.45, 7) is 0.783. The van der Waals surface area contributed by atoms with Gasteiger partial charge in [-0.15, -0.1) is 0 Å². The van der Waals surface area contributed by atoms with E-state index in [-0.39, 0.29) is 11.9 Å². The molecule has 4 nitrogen and oxygen atoms in total. The number of benzene rings is 2. The zero-order chi connectivity index (χ0) is 14.9. The third-order valence-electron chi connectivity index (χ3n) is 4.18. The standard InChI is InChI=1S/C18H15NO3/c20-18(17-9-10-22-19-17)21-11-16-14-7-3-1-5-12(14)13-6-2-4-8-15(13)16/h1-8,16H,9-11H2. The van der Waals surface area contributed by atoms with E-state index < -0.39 is 0 Å². The molecule has 2 aliphatic rings. The van der Waals surface area contributed by atoms with Crippen molar-refractivity contribution in [2.45, 2.75) is 12.3 Å². The smallest absolute Gasteiger partial charge is 0.356 e. The Balaban J connectivity index is 1.60. The third kappa shape index (κ3) is 2.08. The summed E-state index contributed by atoms with van der Waals surface area (Å²) in [6, 6.07) is 16.6. The number of carbonyl (C=O) groups excluding carboxylic acids is 1. The van der Waals surface area contributed by atoms with E-state index in [1.165, 1.54) is 22.3 Å². The Hall–Kier alpha value is -2.62. The van der Waals surface area contributed by atoms with Crippen molar-refractivity contribution >= 4 is 11.7 Å². The summed E-state index contributed by atoms with van der Waals surface area (Å²) in [6.07, 6.45) is 0.524. The summed E-state index contributed by atoms with van der Waals surface area (Å²) in [5.74, 6) is -0.293. The second kappa shape index (κ2) is 5.30. The fourth-order valence-electron chi connectivity index (χ4n) is 3.13. The minimum absolute atomic E-state index is 0.0827. The Kier molecular flexibility index (Phi) is 3.15. The van der Waals surface area contributed by atoms with Gasteiger partial charge in [0, 0.05) is 12.3 Å². The van der Waals surface area contributed by atoms with Gasteiger partial charge in [-0.25, -0.2) is 4.79 Å². The quantitative estimate of drug-likeness (QED) is 0.817. The fraction of sp³-hybridized carbons (Fsp3) is 0.222. The monoisotopic (exact) mass is 293 g/mol. The number of nitrogens with zero attached hydrogens (tertiary/aromatic N) is 1. The number of fused-ring (bicyclic) bond motifs is 3. The van der Waals surface area contributed by atoms with Gasteiger partial charge in [-0.1, -0.05) is 53.7 Å². The molecule has 4 rings (SSSR count). The number of ether oxygens (including phenoxy) is 1. The lowest BCUT2D eigenvalue weighted by Gasteiger charge is -2.13. The molecular formula is C18H15NO3. The largest absolute Gasteiger partial charge is 0.460 e. The zero-order valence-electron chi connectivity index (χ0n) is 12.0. The second-order valence-electron chi connectivity index (χ2n) is 5.45. The maximum Gasteiger partial charge on any atom is 0.356 e. The van der Waals surface area contributed by atoms with Crippen molar-refractivity contribution in [3.8, 4) is 11.1 Å². The maximum atomic E-state index is 12.0. The third-order valence-corrected chi connectivity index (χ3v) is 4.18. The first kappa shape index (κ1) is 13.1. The van der Waals surface area contributed by atoms with Crippen molar-refractivity contribution in [3.05, 3.63) is 59.7 Å². The molecule has 1 heterocycles. The maximum absolute atomic E-state index is 12.0. The van der Waals surface area contributed by atoms with Crippen molar-refractivity contribution in [2.24, 2.45) is 5.16 Å². The molecule has 110 valence electrons. The highest BCUT2D eigenvalue weighted by molar-refractivity contribution is 6.36. The van der Waals surface area contributed by atoms with Crippen molar-refractivity contribution in [1.82, 2.24) is 0 Å². The molecule has 0 aromatic heterocycles. The van der Waals surface area contributed by atoms with Gasteiger partial charge < -0.3 is 9.57 Å². The van der Waals surface area contributed by atoms with Crippen LogP contribution in [-0.4, -0.2) is 24.9 Å². The molecule has 0 fully saturated rings. The number of hydrogen-bond acceptors (Lipinski definition) is 4. The second-order valence-corrected chi connectivity index (χ2v) is 5.45. The first-order valence-corrected chi connectivity index (χ1v) is 7.39. The van der Waals surface area contributed by atoms with Crippen molar-refractivity contribution in [1.29, 1.82) is 0 Å². The fourth-order valence-corrected chi connectivity index (χ4v) is 3.13. The molecule has 1 aliphatic carbocycles. The average molecular weight is 293 g/mol. The van der Waals surface area contributed by atoms with E-state index in [2.05, 4.69) is 29.4 Å². The first-order chi connectivity index (χ1) is 10.8. The van der Waals surface area contributed by atoms with Crippen LogP contribution in [0.5, 0.6) is 0 Å². The van der Waals surface area contributed by atoms with Crippen molar-refractivity contribution in [2.75, 3.05) is 13.2 Å². The lowest BCUT2D eigenvalue weighted by atomic mass is 9.98. The molecule has 0 saturated carbocycles. The molecule has 0 spiro atoms. The summed E-state index contributed by atoms with van der Waals surface area (Å²) >= 11 is 0. The van der Waals surface area contributed by atoms with Crippen LogP contribution < -0.4 is 0 Å². The summed E-state index contributed by atoms with van der Waals surface area (Å²) in [7, 11) is 0. The Morgan fingerprint density at radius 1 is 1.09 bits per heavy atom. The van der Waals surface area contributed by atoms with E-state index in [1.54, 1.807) is 0 Å². The van der Waals surface area contributed by atoms with Crippen LogP contribution in [-0.2, 0) is 14.4 Å². The van der Waals surface area contributed by atoms with Gasteiger partial charge in [0.15, 0.2) is 5.71 Å². The van der Waals surface area contributed by atoms with Crippen molar-refractivity contribution < 1.29 is 14.4 Å². The van der Waals surface area contributed by atoms with Gasteiger partial charge in [-0.2, -0.15) is 0 Å². The summed E-state index contributed by atoms with van der Waals surface area (Å²) in [4.78, 5) is 16.8. The SMILES string of the molecule is O=C(OCC1c2ccccc2-c2ccccc21)C1=NOCC1. The van der Waals surface area contributed by atoms with Gasteiger partial charge in [0.25, 0.3) is 0 Å². The highest BCUT2D eigenvalue weighted by Gasteiger charge is 2.29. The molecule has 0 bridgehead atoms. The van der Waals surface area contributed by atoms with Crippen LogP contribution >= 0.6 is 0 Å². The van der Waals surface area contributed by atoms with E-state index in [0.29, 0.717) is 25.3 Å². The van der Waals surface area contributed by atoms with Gasteiger partial charge >= 0.3 is 5.97 Å². The summed E-state index contributed by atoms with van der Waals surface area (Å²) < 4.78 is 5.47. The Labute approximate surface area is 128 Å². The van der Waals surface area contributed by atoms with Gasteiger partial charge in [0.1, 0.15) is 13.2 Å². The molecule has 0 saturated heterocycles. The van der Waals surface area contributed by atoms with Gasteiger partial charge in [0.05, 0.1) is 0 Å². The Bertz CT molecular complexity index is 721. The molecule has 0 N–H and O–H groups in total. The number of hydrogen-bond donors (Lipinski definition) is 0. The van der Waals surface area contributed by atoms with Crippen LogP contribution in [0.1, 0.15) is 23.5 Å². The van der Waals surface area contributed by atoms with Crippen LogP contribution in [0.3, 0.4) is 0 Å². The van der Waals surface area contributed by atoms with E-state index in [4.69, 9.17) is 9.57 Å². The number of esters is 1. The molecule has 1 aliphatic heterocycles. The van der Waals surface area contributed by atoms with Crippen molar-refractivity contribution in [3.63, 3.8) is 0 Å². The molecule has 22 heavy (non-hydrogen) atoms. The van der Waals surface area contributed by atoms with Gasteiger partial charge in [-0.05, 0) is 22.3 Å². The van der Waals surface area contributed by atoms with E-state index in [1.807, 2.05) is 24.3 Å². The van der Waals surface area contributed by atoms with Crippen LogP contribution in [0.4, 0.5) is 0 Å². The topological polar surface area (TPSA) is 47.9 Å². The molecule has 0 unspecified atom stereocenters. The van der Waals surface area contributed by atoms with Crippen LogP contribution in [0.15, 0.2) is 53.7 Å². The average Bonchev–Trinajstić information content (AvgIpc) is 3.20. The normalized spacial score (nSPS) is 15.7. The van der Waals surface area contributed by atoms with Gasteiger partial charge in [-0.3, -0.25) is 0 Å². The minimum atomic E-state index is -0.376. The predicted molar refractivity (Wildman–Crippen MR) is 82.7 cm³/mol. The number of oxime groups is 1. The van der Waals surface area contributed by atoms with E-state index in [9.17, 15) is 4.79 Å². The highest BCUT2D eigenvalue weighted by atomic mass is 16.6. The predicted octanol–water partition coefficient (Wildman–Crippen LogP) is 3.12. The van der Waals surface area contributed by atoms with Crippen LogP contribution in [0.2, 0.25) is 0 Å². The lowest BCUT2D eigenvalue weighted by molar-refractivity contribution is -0.135. The molecule has 4 heteroatoms. The Morgan fingerprint density at radius 2 is 1.73 bits per heavy atom. The number of rotatable bonds is 3. The molecule has 2 aromatic carbocycles. The van der Waals surface area contributed by atoms with E-state index >= 15 is 0 Å². The molecule has 0 radical (unpaired) electrons. The first-order valence-electron chi connectivity index (χ1n) is 7.39. The zero-order valence-corrected chi connectivity index (χ0v) is 12.0. The summed E-state index contributed by atoms with van der Waals surface area (Å²) in [5, 5.41) is 3.71. The Morgan fingerprint density at radius 3 is 2.32 bits per heavy atom. The highest BCUT2D eigenvalue weighted by Crippen LogP contribution is 2.44. The number of carbonyl (C=O) groups is 1. The molecular weight excluding hydrogens is 278 g/mol. The molecule has 0 atom stereocenters. The molecule has 2 aromatic rings. The molecule has 0 amide bonds.